The monoisotopic (exact) mass is 315 g/mol. The third-order valence-electron chi connectivity index (χ3n) is 4.56. The third kappa shape index (κ3) is 2.49. The van der Waals surface area contributed by atoms with Gasteiger partial charge in [0, 0.05) is 37.8 Å². The summed E-state index contributed by atoms with van der Waals surface area (Å²) in [5.74, 6) is -0.0328. The number of rotatable bonds is 1. The number of piperazine rings is 1. The minimum absolute atomic E-state index is 0.239. The molecule has 4 rings (SSSR count). The molecular weight excluding hydrogens is 297 g/mol. The Balaban J connectivity index is 1.66. The summed E-state index contributed by atoms with van der Waals surface area (Å²) in [5, 5.41) is 2.70. The van der Waals surface area contributed by atoms with Crippen molar-refractivity contribution in [2.45, 2.75) is 0 Å². The number of anilines is 1. The number of benzene rings is 1. The summed E-state index contributed by atoms with van der Waals surface area (Å²) in [6.45, 7) is 4.44. The lowest BCUT2D eigenvalue weighted by Gasteiger charge is -2.34. The van der Waals surface area contributed by atoms with E-state index in [-0.39, 0.29) is 11.7 Å². The molecule has 1 saturated heterocycles. The zero-order chi connectivity index (χ0) is 16.0. The Labute approximate surface area is 134 Å². The molecule has 0 unspecified atom stereocenters. The van der Waals surface area contributed by atoms with Gasteiger partial charge in [-0.25, -0.2) is 4.39 Å². The van der Waals surface area contributed by atoms with Gasteiger partial charge in [-0.05, 0) is 25.2 Å². The van der Waals surface area contributed by atoms with E-state index in [9.17, 15) is 9.18 Å². The van der Waals surface area contributed by atoms with Crippen LogP contribution in [0.5, 0.6) is 0 Å². The van der Waals surface area contributed by atoms with Crippen LogP contribution in [0, 0.1) is 5.82 Å². The van der Waals surface area contributed by atoms with Gasteiger partial charge in [0.25, 0.3) is 5.91 Å². The maximum Gasteiger partial charge on any atom is 0.260 e. The van der Waals surface area contributed by atoms with Gasteiger partial charge in [0.1, 0.15) is 18.2 Å². The summed E-state index contributed by atoms with van der Waals surface area (Å²) in [7, 11) is 2.11. The topological polar surface area (TPSA) is 44.8 Å². The highest BCUT2D eigenvalue weighted by Crippen LogP contribution is 2.37. The Hall–Kier alpha value is -2.34. The lowest BCUT2D eigenvalue weighted by Crippen LogP contribution is -2.44. The highest BCUT2D eigenvalue weighted by molar-refractivity contribution is 6.32. The molecule has 1 N–H and O–H groups in total. The van der Waals surface area contributed by atoms with Gasteiger partial charge < -0.3 is 19.9 Å². The minimum Gasteiger partial charge on any atom is -0.486 e. The summed E-state index contributed by atoms with van der Waals surface area (Å²) < 4.78 is 19.1. The van der Waals surface area contributed by atoms with Crippen molar-refractivity contribution in [1.82, 2.24) is 9.80 Å². The number of allylic oxidation sites excluding steroid dienone is 1. The van der Waals surface area contributed by atoms with Crippen molar-refractivity contribution in [3.05, 3.63) is 47.1 Å². The van der Waals surface area contributed by atoms with Crippen LogP contribution in [0.3, 0.4) is 0 Å². The Bertz CT molecular complexity index is 733. The predicted molar refractivity (Wildman–Crippen MR) is 85.1 cm³/mol. The largest absolute Gasteiger partial charge is 0.486 e. The number of fused-ring (bicyclic) bond motifs is 1. The van der Waals surface area contributed by atoms with Crippen molar-refractivity contribution < 1.29 is 13.9 Å². The zero-order valence-electron chi connectivity index (χ0n) is 12.9. The highest BCUT2D eigenvalue weighted by atomic mass is 19.1. The molecule has 5 nitrogen and oxygen atoms in total. The van der Waals surface area contributed by atoms with E-state index >= 15 is 0 Å². The molecule has 0 bridgehead atoms. The normalized spacial score (nSPS) is 24.3. The van der Waals surface area contributed by atoms with Crippen LogP contribution in [0.1, 0.15) is 5.56 Å². The molecule has 23 heavy (non-hydrogen) atoms. The highest BCUT2D eigenvalue weighted by Gasteiger charge is 2.31. The summed E-state index contributed by atoms with van der Waals surface area (Å²) in [5.41, 5.74) is 2.79. The second kappa shape index (κ2) is 5.38. The van der Waals surface area contributed by atoms with Gasteiger partial charge >= 0.3 is 0 Å². The van der Waals surface area contributed by atoms with Crippen molar-refractivity contribution >= 4 is 17.2 Å². The summed E-state index contributed by atoms with van der Waals surface area (Å²) in [6, 6.07) is 4.32. The molecule has 1 fully saturated rings. The van der Waals surface area contributed by atoms with E-state index in [0.717, 1.165) is 31.9 Å². The molecule has 0 aromatic heterocycles. The second-order valence-corrected chi connectivity index (χ2v) is 6.10. The SMILES string of the molecule is CN1CCN(C2=CC(=C3C(=O)Nc4cc(F)ccc43)OC2)CC1. The van der Waals surface area contributed by atoms with Gasteiger partial charge in [0.05, 0.1) is 17.0 Å². The van der Waals surface area contributed by atoms with E-state index in [4.69, 9.17) is 4.74 Å². The standard InChI is InChI=1S/C17H18FN3O2/c1-20-4-6-21(7-5-20)12-9-15(23-10-12)16-13-3-2-11(18)8-14(13)19-17(16)22/h2-3,8-9H,4-7,10H2,1H3,(H,19,22). The van der Waals surface area contributed by atoms with E-state index in [0.29, 0.717) is 29.2 Å². The number of ether oxygens (including phenoxy) is 1. The molecule has 120 valence electrons. The quantitative estimate of drug-likeness (QED) is 0.801. The number of hydrogen-bond donors (Lipinski definition) is 1. The molecule has 6 heteroatoms. The van der Waals surface area contributed by atoms with Crippen LogP contribution in [-0.4, -0.2) is 55.5 Å². The van der Waals surface area contributed by atoms with Gasteiger partial charge in [-0.2, -0.15) is 0 Å². The average Bonchev–Trinajstić information content (AvgIpc) is 3.11. The third-order valence-corrected chi connectivity index (χ3v) is 4.56. The van der Waals surface area contributed by atoms with Crippen molar-refractivity contribution in [1.29, 1.82) is 0 Å². The number of halogens is 1. The van der Waals surface area contributed by atoms with Crippen LogP contribution in [0.4, 0.5) is 10.1 Å². The van der Waals surface area contributed by atoms with Gasteiger partial charge in [0.2, 0.25) is 0 Å². The zero-order valence-corrected chi connectivity index (χ0v) is 12.9. The van der Waals surface area contributed by atoms with E-state index in [2.05, 4.69) is 22.2 Å². The predicted octanol–water partition coefficient (Wildman–Crippen LogP) is 1.65. The van der Waals surface area contributed by atoms with Crippen molar-refractivity contribution in [3.8, 4) is 0 Å². The maximum atomic E-state index is 13.3. The fourth-order valence-electron chi connectivity index (χ4n) is 3.20. The second-order valence-electron chi connectivity index (χ2n) is 6.10. The number of likely N-dealkylation sites (N-methyl/N-ethyl adjacent to an activating group) is 1. The van der Waals surface area contributed by atoms with Crippen LogP contribution in [0.15, 0.2) is 35.7 Å². The van der Waals surface area contributed by atoms with Crippen LogP contribution in [0.2, 0.25) is 0 Å². The van der Waals surface area contributed by atoms with Gasteiger partial charge in [-0.15, -0.1) is 0 Å². The summed E-state index contributed by atoms with van der Waals surface area (Å²) in [4.78, 5) is 16.8. The number of nitrogens with one attached hydrogen (secondary N) is 1. The summed E-state index contributed by atoms with van der Waals surface area (Å²) in [6.07, 6.45) is 1.94. The van der Waals surface area contributed by atoms with Crippen molar-refractivity contribution in [2.75, 3.05) is 45.2 Å². The van der Waals surface area contributed by atoms with Crippen LogP contribution in [0.25, 0.3) is 5.57 Å². The first kappa shape index (κ1) is 14.3. The molecule has 3 aliphatic rings. The number of carbonyl (C=O) groups is 1. The van der Waals surface area contributed by atoms with Gasteiger partial charge in [0.15, 0.2) is 0 Å². The number of hydrogen-bond acceptors (Lipinski definition) is 4. The Kier molecular flexibility index (Phi) is 3.34. The van der Waals surface area contributed by atoms with Gasteiger partial charge in [-0.1, -0.05) is 0 Å². The number of nitrogens with zero attached hydrogens (tertiary/aromatic N) is 2. The Morgan fingerprint density at radius 2 is 2.00 bits per heavy atom. The fourth-order valence-corrected chi connectivity index (χ4v) is 3.20. The first-order valence-corrected chi connectivity index (χ1v) is 7.74. The lowest BCUT2D eigenvalue weighted by molar-refractivity contribution is -0.110. The van der Waals surface area contributed by atoms with Crippen LogP contribution < -0.4 is 5.32 Å². The first-order chi connectivity index (χ1) is 11.1. The fraction of sp³-hybridized carbons (Fsp3) is 0.353. The molecule has 0 radical (unpaired) electrons. The molecule has 1 aromatic rings. The molecule has 0 aliphatic carbocycles. The van der Waals surface area contributed by atoms with Crippen molar-refractivity contribution in [3.63, 3.8) is 0 Å². The van der Waals surface area contributed by atoms with Gasteiger partial charge in [-0.3, -0.25) is 4.79 Å². The van der Waals surface area contributed by atoms with Crippen LogP contribution in [-0.2, 0) is 9.53 Å². The molecule has 0 saturated carbocycles. The first-order valence-electron chi connectivity index (χ1n) is 7.74. The Morgan fingerprint density at radius 3 is 2.78 bits per heavy atom. The number of amides is 1. The van der Waals surface area contributed by atoms with Crippen LogP contribution >= 0.6 is 0 Å². The van der Waals surface area contributed by atoms with E-state index in [1.54, 1.807) is 6.07 Å². The van der Waals surface area contributed by atoms with Crippen molar-refractivity contribution in [2.24, 2.45) is 0 Å². The lowest BCUT2D eigenvalue weighted by atomic mass is 10.1. The molecule has 1 aromatic carbocycles. The minimum atomic E-state index is -0.365. The smallest absolute Gasteiger partial charge is 0.260 e. The molecule has 3 aliphatic heterocycles. The van der Waals surface area contributed by atoms with E-state index < -0.39 is 0 Å². The Morgan fingerprint density at radius 1 is 1.22 bits per heavy atom. The average molecular weight is 315 g/mol. The number of carbonyl (C=O) groups excluding carboxylic acids is 1. The van der Waals surface area contributed by atoms with E-state index in [1.807, 2.05) is 6.08 Å². The van der Waals surface area contributed by atoms with E-state index in [1.165, 1.54) is 12.1 Å². The molecule has 3 heterocycles. The molecular formula is C17H18FN3O2. The molecule has 0 spiro atoms. The molecule has 0 atom stereocenters. The molecule has 1 amide bonds. The summed E-state index contributed by atoms with van der Waals surface area (Å²) >= 11 is 0. The maximum absolute atomic E-state index is 13.3.